The van der Waals surface area contributed by atoms with Crippen molar-refractivity contribution in [3.63, 3.8) is 0 Å². The van der Waals surface area contributed by atoms with Gasteiger partial charge in [-0.25, -0.2) is 14.4 Å². The predicted molar refractivity (Wildman–Crippen MR) is 79.2 cm³/mol. The minimum absolute atomic E-state index is 0.0703. The van der Waals surface area contributed by atoms with Gasteiger partial charge in [-0.1, -0.05) is 23.2 Å². The van der Waals surface area contributed by atoms with E-state index in [0.29, 0.717) is 22.0 Å². The number of nitrogens with zero attached hydrogens (tertiary/aromatic N) is 2. The summed E-state index contributed by atoms with van der Waals surface area (Å²) < 4.78 is 35.5. The Hall–Kier alpha value is -2.38. The van der Waals surface area contributed by atoms with Gasteiger partial charge >= 0.3 is 0 Å². The minimum atomic E-state index is -2.27. The SMILES string of the molecule is O=S([O-])Cc1ccc(-c2cc(O)c3ncncc3c2)c(F)c1. The van der Waals surface area contributed by atoms with E-state index in [1.807, 2.05) is 0 Å². The maximum Gasteiger partial charge on any atom is 0.142 e. The van der Waals surface area contributed by atoms with E-state index in [1.165, 1.54) is 36.8 Å². The molecule has 0 aliphatic carbocycles. The Labute approximate surface area is 127 Å². The first-order valence-electron chi connectivity index (χ1n) is 6.32. The number of halogens is 1. The molecule has 0 bridgehead atoms. The van der Waals surface area contributed by atoms with E-state index in [1.54, 1.807) is 6.07 Å². The Bertz CT molecular complexity index is 886. The van der Waals surface area contributed by atoms with Crippen molar-refractivity contribution in [2.24, 2.45) is 0 Å². The lowest BCUT2D eigenvalue weighted by molar-refractivity contribution is 0.480. The highest BCUT2D eigenvalue weighted by Gasteiger charge is 2.10. The van der Waals surface area contributed by atoms with Crippen LogP contribution in [0.5, 0.6) is 5.75 Å². The molecule has 5 nitrogen and oxygen atoms in total. The summed E-state index contributed by atoms with van der Waals surface area (Å²) in [7, 11) is 0. The Morgan fingerprint density at radius 2 is 2.09 bits per heavy atom. The molecular formula is C15H10FN2O3S-. The van der Waals surface area contributed by atoms with Gasteiger partial charge in [-0.05, 0) is 29.3 Å². The first-order chi connectivity index (χ1) is 10.5. The second-order valence-corrected chi connectivity index (χ2v) is 5.61. The quantitative estimate of drug-likeness (QED) is 0.750. The third-order valence-electron chi connectivity index (χ3n) is 3.22. The molecule has 112 valence electrons. The first-order valence-corrected chi connectivity index (χ1v) is 7.56. The summed E-state index contributed by atoms with van der Waals surface area (Å²) in [6, 6.07) is 7.28. The van der Waals surface area contributed by atoms with Crippen molar-refractivity contribution in [3.05, 3.63) is 54.2 Å². The molecule has 1 atom stereocenters. The topological polar surface area (TPSA) is 86.1 Å². The molecule has 3 rings (SSSR count). The van der Waals surface area contributed by atoms with Crippen molar-refractivity contribution in [1.29, 1.82) is 0 Å². The van der Waals surface area contributed by atoms with Gasteiger partial charge in [0.05, 0.1) is 0 Å². The van der Waals surface area contributed by atoms with Gasteiger partial charge in [0, 0.05) is 22.9 Å². The fourth-order valence-electron chi connectivity index (χ4n) is 2.26. The van der Waals surface area contributed by atoms with Gasteiger partial charge in [-0.2, -0.15) is 0 Å². The van der Waals surface area contributed by atoms with Crippen molar-refractivity contribution in [1.82, 2.24) is 9.97 Å². The van der Waals surface area contributed by atoms with Crippen molar-refractivity contribution < 1.29 is 18.3 Å². The molecule has 0 saturated carbocycles. The molecule has 0 amide bonds. The number of hydrogen-bond donors (Lipinski definition) is 1. The van der Waals surface area contributed by atoms with E-state index in [-0.39, 0.29) is 17.1 Å². The van der Waals surface area contributed by atoms with Gasteiger partial charge in [-0.15, -0.1) is 0 Å². The molecule has 0 spiro atoms. The van der Waals surface area contributed by atoms with Crippen molar-refractivity contribution in [2.45, 2.75) is 5.75 Å². The smallest absolute Gasteiger partial charge is 0.142 e. The molecular weight excluding hydrogens is 307 g/mol. The second kappa shape index (κ2) is 5.78. The van der Waals surface area contributed by atoms with E-state index in [2.05, 4.69) is 9.97 Å². The van der Waals surface area contributed by atoms with Crippen molar-refractivity contribution in [3.8, 4) is 16.9 Å². The van der Waals surface area contributed by atoms with E-state index < -0.39 is 16.9 Å². The van der Waals surface area contributed by atoms with Crippen LogP contribution < -0.4 is 0 Å². The third kappa shape index (κ3) is 2.81. The van der Waals surface area contributed by atoms with Crippen LogP contribution in [0, 0.1) is 5.82 Å². The van der Waals surface area contributed by atoms with Crippen LogP contribution in [0.2, 0.25) is 0 Å². The summed E-state index contributed by atoms with van der Waals surface area (Å²) in [6.45, 7) is 0. The lowest BCUT2D eigenvalue weighted by Gasteiger charge is -2.09. The van der Waals surface area contributed by atoms with Crippen molar-refractivity contribution >= 4 is 22.0 Å². The lowest BCUT2D eigenvalue weighted by Crippen LogP contribution is -1.95. The monoisotopic (exact) mass is 317 g/mol. The normalized spacial score (nSPS) is 12.5. The number of rotatable bonds is 3. The van der Waals surface area contributed by atoms with Gasteiger partial charge in [0.1, 0.15) is 23.4 Å². The molecule has 1 N–H and O–H groups in total. The zero-order chi connectivity index (χ0) is 15.7. The molecule has 22 heavy (non-hydrogen) atoms. The van der Waals surface area contributed by atoms with Crippen LogP contribution in [-0.4, -0.2) is 23.8 Å². The van der Waals surface area contributed by atoms with Crippen LogP contribution >= 0.6 is 0 Å². The predicted octanol–water partition coefficient (Wildman–Crippen LogP) is 2.52. The summed E-state index contributed by atoms with van der Waals surface area (Å²) in [5, 5.41) is 10.6. The largest absolute Gasteiger partial charge is 0.772 e. The third-order valence-corrected chi connectivity index (χ3v) is 3.78. The van der Waals surface area contributed by atoms with Crippen LogP contribution in [0.25, 0.3) is 22.0 Å². The van der Waals surface area contributed by atoms with E-state index in [9.17, 15) is 18.3 Å². The molecule has 3 aromatic rings. The minimum Gasteiger partial charge on any atom is -0.772 e. The molecule has 0 radical (unpaired) electrons. The van der Waals surface area contributed by atoms with Gasteiger partial charge in [0.15, 0.2) is 0 Å². The van der Waals surface area contributed by atoms with Gasteiger partial charge in [0.2, 0.25) is 0 Å². The second-order valence-electron chi connectivity index (χ2n) is 4.72. The molecule has 1 heterocycles. The number of phenolic OH excluding ortho intramolecular Hbond substituents is 1. The Morgan fingerprint density at radius 1 is 1.27 bits per heavy atom. The average Bonchev–Trinajstić information content (AvgIpc) is 2.46. The number of aromatic hydroxyl groups is 1. The van der Waals surface area contributed by atoms with Crippen LogP contribution in [0.1, 0.15) is 5.56 Å². The number of phenols is 1. The van der Waals surface area contributed by atoms with Crippen LogP contribution in [-0.2, 0) is 16.8 Å². The highest BCUT2D eigenvalue weighted by atomic mass is 32.2. The summed E-state index contributed by atoms with van der Waals surface area (Å²) in [6.07, 6.45) is 2.85. The van der Waals surface area contributed by atoms with Crippen LogP contribution in [0.15, 0.2) is 42.9 Å². The number of fused-ring (bicyclic) bond motifs is 1. The number of hydrogen-bond acceptors (Lipinski definition) is 5. The Morgan fingerprint density at radius 3 is 2.82 bits per heavy atom. The highest BCUT2D eigenvalue weighted by molar-refractivity contribution is 7.78. The summed E-state index contributed by atoms with van der Waals surface area (Å²) >= 11 is -2.27. The summed E-state index contributed by atoms with van der Waals surface area (Å²) in [4.78, 5) is 7.83. The maximum absolute atomic E-state index is 14.2. The van der Waals surface area contributed by atoms with Crippen LogP contribution in [0.3, 0.4) is 0 Å². The molecule has 1 unspecified atom stereocenters. The molecule has 7 heteroatoms. The average molecular weight is 317 g/mol. The van der Waals surface area contributed by atoms with Gasteiger partial charge < -0.3 is 9.66 Å². The fraction of sp³-hybridized carbons (Fsp3) is 0.0667. The van der Waals surface area contributed by atoms with Gasteiger partial charge in [0.25, 0.3) is 0 Å². The zero-order valence-corrected chi connectivity index (χ0v) is 12.0. The fourth-order valence-corrected chi connectivity index (χ4v) is 2.71. The van der Waals surface area contributed by atoms with Crippen molar-refractivity contribution in [2.75, 3.05) is 0 Å². The molecule has 2 aromatic carbocycles. The van der Waals surface area contributed by atoms with E-state index >= 15 is 0 Å². The highest BCUT2D eigenvalue weighted by Crippen LogP contribution is 2.31. The lowest BCUT2D eigenvalue weighted by atomic mass is 10.0. The molecule has 0 aliphatic heterocycles. The van der Waals surface area contributed by atoms with Gasteiger partial charge in [-0.3, -0.25) is 4.21 Å². The van der Waals surface area contributed by atoms with Crippen LogP contribution in [0.4, 0.5) is 4.39 Å². The number of benzene rings is 2. The molecule has 0 aliphatic rings. The Kier molecular flexibility index (Phi) is 3.82. The summed E-state index contributed by atoms with van der Waals surface area (Å²) in [5.41, 5.74) is 1.48. The first kappa shape index (κ1) is 14.6. The standard InChI is InChI=1S/C15H11FN2O3S/c16-13-3-9(7-22(20)21)1-2-12(13)10-4-11-6-17-8-18-15(11)14(19)5-10/h1-6,8,19H,7H2,(H,20,21)/p-1. The van der Waals surface area contributed by atoms with E-state index in [0.717, 1.165) is 0 Å². The molecule has 1 aromatic heterocycles. The van der Waals surface area contributed by atoms with E-state index in [4.69, 9.17) is 0 Å². The zero-order valence-electron chi connectivity index (χ0n) is 11.2. The molecule has 0 saturated heterocycles. The Balaban J connectivity index is 2.09. The molecule has 0 fully saturated rings. The number of aromatic nitrogens is 2. The summed E-state index contributed by atoms with van der Waals surface area (Å²) in [5.74, 6) is -0.869. The maximum atomic E-state index is 14.2.